The summed E-state index contributed by atoms with van der Waals surface area (Å²) in [6.45, 7) is 8.61. The first-order valence-electron chi connectivity index (χ1n) is 7.06. The van der Waals surface area contributed by atoms with Crippen LogP contribution in [0.3, 0.4) is 0 Å². The van der Waals surface area contributed by atoms with E-state index in [2.05, 4.69) is 5.32 Å². The first-order chi connectivity index (χ1) is 10.4. The zero-order chi connectivity index (χ0) is 17.8. The maximum absolute atomic E-state index is 13.8. The van der Waals surface area contributed by atoms with Crippen molar-refractivity contribution in [1.29, 1.82) is 0 Å². The molecule has 0 unspecified atom stereocenters. The Labute approximate surface area is 134 Å². The van der Waals surface area contributed by atoms with Gasteiger partial charge in [0.1, 0.15) is 12.2 Å². The van der Waals surface area contributed by atoms with Crippen LogP contribution in [0.1, 0.15) is 45.0 Å². The van der Waals surface area contributed by atoms with E-state index < -0.39 is 29.0 Å². The predicted molar refractivity (Wildman–Crippen MR) is 82.3 cm³/mol. The maximum Gasteiger partial charge on any atom is 0.408 e. The fraction of sp³-hybridized carbons (Fsp3) is 0.500. The normalized spacial score (nSPS) is 11.7. The molecule has 2 N–H and O–H groups in total. The van der Waals surface area contributed by atoms with Crippen molar-refractivity contribution >= 4 is 12.1 Å². The Bertz CT molecular complexity index is 593. The lowest BCUT2D eigenvalue weighted by molar-refractivity contribution is 0.0439. The summed E-state index contributed by atoms with van der Waals surface area (Å²) in [6.07, 6.45) is -0.604. The van der Waals surface area contributed by atoms with E-state index in [0.29, 0.717) is 0 Å². The Morgan fingerprint density at radius 1 is 1.22 bits per heavy atom. The van der Waals surface area contributed by atoms with Crippen LogP contribution in [0.4, 0.5) is 9.18 Å². The van der Waals surface area contributed by atoms with Crippen molar-refractivity contribution in [2.75, 3.05) is 6.61 Å². The summed E-state index contributed by atoms with van der Waals surface area (Å²) in [6, 6.07) is 3.36. The highest BCUT2D eigenvalue weighted by Crippen LogP contribution is 2.20. The number of carbonyl (C=O) groups excluding carboxylic acids is 1. The molecule has 0 saturated heterocycles. The van der Waals surface area contributed by atoms with Crippen LogP contribution in [0, 0.1) is 5.82 Å². The number of hydrogen-bond donors (Lipinski definition) is 2. The minimum absolute atomic E-state index is 0.0183. The van der Waals surface area contributed by atoms with Crippen LogP contribution in [0.2, 0.25) is 0 Å². The first kappa shape index (κ1) is 18.7. The third-order valence-electron chi connectivity index (χ3n) is 2.61. The predicted octanol–water partition coefficient (Wildman–Crippen LogP) is 3.21. The van der Waals surface area contributed by atoms with E-state index in [1.807, 2.05) is 0 Å². The van der Waals surface area contributed by atoms with Gasteiger partial charge in [-0.15, -0.1) is 0 Å². The molecule has 0 aliphatic carbocycles. The largest absolute Gasteiger partial charge is 0.488 e. The van der Waals surface area contributed by atoms with Crippen LogP contribution >= 0.6 is 0 Å². The van der Waals surface area contributed by atoms with Gasteiger partial charge in [0.2, 0.25) is 0 Å². The molecule has 0 heterocycles. The van der Waals surface area contributed by atoms with Crippen LogP contribution in [0.25, 0.3) is 0 Å². The van der Waals surface area contributed by atoms with Gasteiger partial charge in [-0.1, -0.05) is 0 Å². The van der Waals surface area contributed by atoms with E-state index >= 15 is 0 Å². The number of rotatable bonds is 5. The number of halogens is 1. The number of hydrogen-bond acceptors (Lipinski definition) is 4. The van der Waals surface area contributed by atoms with E-state index in [0.717, 1.165) is 6.07 Å². The van der Waals surface area contributed by atoms with E-state index in [-0.39, 0.29) is 17.9 Å². The van der Waals surface area contributed by atoms with Gasteiger partial charge in [-0.05, 0) is 52.8 Å². The molecule has 23 heavy (non-hydrogen) atoms. The lowest BCUT2D eigenvalue weighted by Crippen LogP contribution is -2.49. The van der Waals surface area contributed by atoms with Crippen molar-refractivity contribution in [3.8, 4) is 5.75 Å². The average molecular weight is 327 g/mol. The Hall–Kier alpha value is -2.31. The third-order valence-corrected chi connectivity index (χ3v) is 2.61. The van der Waals surface area contributed by atoms with Crippen LogP contribution < -0.4 is 10.1 Å². The molecule has 0 spiro atoms. The molecule has 0 aliphatic heterocycles. The first-order valence-corrected chi connectivity index (χ1v) is 7.06. The minimum atomic E-state index is -1.22. The molecule has 1 aromatic carbocycles. The van der Waals surface area contributed by atoms with Gasteiger partial charge in [0.05, 0.1) is 11.1 Å². The van der Waals surface area contributed by atoms with Crippen molar-refractivity contribution in [2.45, 2.75) is 45.8 Å². The molecule has 0 aliphatic rings. The Morgan fingerprint density at radius 3 is 2.30 bits per heavy atom. The molecule has 7 heteroatoms. The molecule has 0 saturated carbocycles. The van der Waals surface area contributed by atoms with E-state index in [1.54, 1.807) is 34.6 Å². The van der Waals surface area contributed by atoms with Gasteiger partial charge in [-0.2, -0.15) is 0 Å². The summed E-state index contributed by atoms with van der Waals surface area (Å²) in [5, 5.41) is 11.4. The number of nitrogens with one attached hydrogen (secondary N) is 1. The highest BCUT2D eigenvalue weighted by atomic mass is 19.1. The van der Waals surface area contributed by atoms with Crippen molar-refractivity contribution in [2.24, 2.45) is 0 Å². The van der Waals surface area contributed by atoms with Crippen LogP contribution in [0.5, 0.6) is 5.75 Å². The van der Waals surface area contributed by atoms with Crippen molar-refractivity contribution in [1.82, 2.24) is 5.32 Å². The summed E-state index contributed by atoms with van der Waals surface area (Å²) in [4.78, 5) is 22.5. The molecule has 128 valence electrons. The third kappa shape index (κ3) is 6.54. The quantitative estimate of drug-likeness (QED) is 0.867. The fourth-order valence-electron chi connectivity index (χ4n) is 1.63. The molecule has 1 rings (SSSR count). The van der Waals surface area contributed by atoms with Crippen molar-refractivity contribution < 1.29 is 28.6 Å². The second kappa shape index (κ2) is 6.85. The number of aromatic carboxylic acids is 1. The Balaban J connectivity index is 2.65. The zero-order valence-electron chi connectivity index (χ0n) is 13.9. The number of alkyl carbamates (subject to hydrolysis) is 1. The Morgan fingerprint density at radius 2 is 1.83 bits per heavy atom. The SMILES string of the molecule is CC(C)(COc1ccc(C(=O)O)cc1F)NC(=O)OC(C)(C)C. The number of amides is 1. The number of carboxylic acids is 1. The molecular formula is C16H22FNO5. The number of benzene rings is 1. The highest BCUT2D eigenvalue weighted by Gasteiger charge is 2.25. The number of ether oxygens (including phenoxy) is 2. The van der Waals surface area contributed by atoms with E-state index in [9.17, 15) is 14.0 Å². The van der Waals surface area contributed by atoms with Gasteiger partial charge in [-0.3, -0.25) is 0 Å². The lowest BCUT2D eigenvalue weighted by atomic mass is 10.1. The summed E-state index contributed by atoms with van der Waals surface area (Å²) < 4.78 is 24.2. The molecule has 0 radical (unpaired) electrons. The van der Waals surface area contributed by atoms with Gasteiger partial charge in [-0.25, -0.2) is 14.0 Å². The smallest absolute Gasteiger partial charge is 0.408 e. The lowest BCUT2D eigenvalue weighted by Gasteiger charge is -2.28. The zero-order valence-corrected chi connectivity index (χ0v) is 13.9. The molecular weight excluding hydrogens is 305 g/mol. The van der Waals surface area contributed by atoms with Crippen molar-refractivity contribution in [3.05, 3.63) is 29.6 Å². The Kier molecular flexibility index (Phi) is 5.58. The summed E-state index contributed by atoms with van der Waals surface area (Å²) in [7, 11) is 0. The van der Waals surface area contributed by atoms with Crippen LogP contribution in [-0.4, -0.2) is 34.9 Å². The number of carbonyl (C=O) groups is 2. The van der Waals surface area contributed by atoms with E-state index in [1.165, 1.54) is 12.1 Å². The van der Waals surface area contributed by atoms with Gasteiger partial charge in [0, 0.05) is 0 Å². The summed E-state index contributed by atoms with van der Waals surface area (Å²) >= 11 is 0. The highest BCUT2D eigenvalue weighted by molar-refractivity contribution is 5.87. The fourth-order valence-corrected chi connectivity index (χ4v) is 1.63. The summed E-state index contributed by atoms with van der Waals surface area (Å²) in [5.74, 6) is -2.09. The molecule has 1 aromatic rings. The van der Waals surface area contributed by atoms with Gasteiger partial charge >= 0.3 is 12.1 Å². The van der Waals surface area contributed by atoms with Crippen molar-refractivity contribution in [3.63, 3.8) is 0 Å². The topological polar surface area (TPSA) is 84.9 Å². The molecule has 0 aromatic heterocycles. The molecule has 6 nitrogen and oxygen atoms in total. The molecule has 0 fully saturated rings. The maximum atomic E-state index is 13.8. The van der Waals surface area contributed by atoms with Gasteiger partial charge in [0.25, 0.3) is 0 Å². The van der Waals surface area contributed by atoms with Gasteiger partial charge in [0.15, 0.2) is 11.6 Å². The monoisotopic (exact) mass is 327 g/mol. The second-order valence-corrected chi connectivity index (χ2v) is 6.75. The standard InChI is InChI=1S/C16H22FNO5/c1-15(2,3)23-14(21)18-16(4,5)9-22-12-7-6-10(13(19)20)8-11(12)17/h6-8H,9H2,1-5H3,(H,18,21)(H,19,20). The van der Waals surface area contributed by atoms with Crippen LogP contribution in [0.15, 0.2) is 18.2 Å². The van der Waals surface area contributed by atoms with Gasteiger partial charge < -0.3 is 19.9 Å². The summed E-state index contributed by atoms with van der Waals surface area (Å²) in [5.41, 5.74) is -1.60. The molecule has 1 amide bonds. The number of carboxylic acid groups (broad SMARTS) is 1. The second-order valence-electron chi connectivity index (χ2n) is 6.75. The average Bonchev–Trinajstić information content (AvgIpc) is 2.33. The van der Waals surface area contributed by atoms with Crippen LogP contribution in [-0.2, 0) is 4.74 Å². The molecule has 0 atom stereocenters. The van der Waals surface area contributed by atoms with E-state index in [4.69, 9.17) is 14.6 Å². The molecule has 0 bridgehead atoms. The minimum Gasteiger partial charge on any atom is -0.488 e.